The van der Waals surface area contributed by atoms with Gasteiger partial charge in [-0.05, 0) is 24.2 Å². The van der Waals surface area contributed by atoms with Gasteiger partial charge in [-0.2, -0.15) is 0 Å². The zero-order valence-electron chi connectivity index (χ0n) is 11.6. The molecule has 1 atom stereocenters. The number of rotatable bonds is 5. The fourth-order valence-electron chi connectivity index (χ4n) is 2.66. The van der Waals surface area contributed by atoms with Crippen LogP contribution in [0.2, 0.25) is 0 Å². The first-order valence-electron chi connectivity index (χ1n) is 6.65. The molecule has 1 amide bonds. The number of nitrogens with one attached hydrogen (secondary N) is 1. The molecular formula is C13H25N3O2. The number of carbonyl (C=O) groups excluding carboxylic acids is 1. The number of amidine groups is 1. The summed E-state index contributed by atoms with van der Waals surface area (Å²) in [5.74, 6) is -0.704. The van der Waals surface area contributed by atoms with Gasteiger partial charge in [0.2, 0.25) is 5.91 Å². The SMILES string of the molecule is CC(C)C(C(=O)NCC1(C)CCCC1)C(N)=NO. The van der Waals surface area contributed by atoms with Gasteiger partial charge in [-0.3, -0.25) is 4.79 Å². The molecule has 1 unspecified atom stereocenters. The van der Waals surface area contributed by atoms with Gasteiger partial charge in [0.25, 0.3) is 0 Å². The molecule has 5 nitrogen and oxygen atoms in total. The van der Waals surface area contributed by atoms with Crippen LogP contribution in [0.5, 0.6) is 0 Å². The highest BCUT2D eigenvalue weighted by molar-refractivity contribution is 6.02. The molecule has 0 spiro atoms. The van der Waals surface area contributed by atoms with E-state index < -0.39 is 5.92 Å². The molecular weight excluding hydrogens is 230 g/mol. The first-order valence-corrected chi connectivity index (χ1v) is 6.65. The Labute approximate surface area is 109 Å². The van der Waals surface area contributed by atoms with E-state index >= 15 is 0 Å². The lowest BCUT2D eigenvalue weighted by Gasteiger charge is -2.26. The lowest BCUT2D eigenvalue weighted by molar-refractivity contribution is -0.124. The average molecular weight is 255 g/mol. The van der Waals surface area contributed by atoms with Crippen LogP contribution in [-0.2, 0) is 4.79 Å². The van der Waals surface area contributed by atoms with Gasteiger partial charge in [0.1, 0.15) is 5.92 Å². The van der Waals surface area contributed by atoms with Gasteiger partial charge in [0, 0.05) is 6.54 Å². The predicted molar refractivity (Wildman–Crippen MR) is 71.3 cm³/mol. The summed E-state index contributed by atoms with van der Waals surface area (Å²) in [6.07, 6.45) is 4.78. The molecule has 0 aromatic rings. The second kappa shape index (κ2) is 6.07. The van der Waals surface area contributed by atoms with Gasteiger partial charge in [0.15, 0.2) is 5.84 Å². The van der Waals surface area contributed by atoms with Crippen LogP contribution in [0.15, 0.2) is 5.16 Å². The molecule has 0 aromatic heterocycles. The molecule has 0 bridgehead atoms. The highest BCUT2D eigenvalue weighted by Gasteiger charge is 2.32. The first kappa shape index (κ1) is 14.8. The van der Waals surface area contributed by atoms with Crippen LogP contribution in [0, 0.1) is 17.3 Å². The molecule has 5 heteroatoms. The molecule has 1 aliphatic rings. The van der Waals surface area contributed by atoms with E-state index in [2.05, 4.69) is 17.4 Å². The summed E-state index contributed by atoms with van der Waals surface area (Å²) < 4.78 is 0. The minimum absolute atomic E-state index is 0.0114. The molecule has 4 N–H and O–H groups in total. The third-order valence-electron chi connectivity index (χ3n) is 3.88. The highest BCUT2D eigenvalue weighted by Crippen LogP contribution is 2.36. The molecule has 1 aliphatic carbocycles. The van der Waals surface area contributed by atoms with Crippen molar-refractivity contribution in [2.24, 2.45) is 28.1 Å². The number of nitrogens with zero attached hydrogens (tertiary/aromatic N) is 1. The fraction of sp³-hybridized carbons (Fsp3) is 0.846. The largest absolute Gasteiger partial charge is 0.409 e. The number of carbonyl (C=O) groups is 1. The average Bonchev–Trinajstić information content (AvgIpc) is 2.73. The summed E-state index contributed by atoms with van der Waals surface area (Å²) in [6.45, 7) is 6.65. The zero-order chi connectivity index (χ0) is 13.8. The molecule has 18 heavy (non-hydrogen) atoms. The Hall–Kier alpha value is -1.26. The summed E-state index contributed by atoms with van der Waals surface area (Å²) >= 11 is 0. The summed E-state index contributed by atoms with van der Waals surface area (Å²) in [7, 11) is 0. The van der Waals surface area contributed by atoms with Crippen LogP contribution in [0.3, 0.4) is 0 Å². The number of amides is 1. The van der Waals surface area contributed by atoms with Gasteiger partial charge >= 0.3 is 0 Å². The van der Waals surface area contributed by atoms with E-state index in [-0.39, 0.29) is 23.1 Å². The smallest absolute Gasteiger partial charge is 0.231 e. The summed E-state index contributed by atoms with van der Waals surface area (Å²) in [6, 6.07) is 0. The van der Waals surface area contributed by atoms with Crippen molar-refractivity contribution >= 4 is 11.7 Å². The summed E-state index contributed by atoms with van der Waals surface area (Å²) in [4.78, 5) is 12.1. The van der Waals surface area contributed by atoms with Crippen molar-refractivity contribution in [3.05, 3.63) is 0 Å². The lowest BCUT2D eigenvalue weighted by atomic mass is 9.88. The van der Waals surface area contributed by atoms with Crippen molar-refractivity contribution in [1.29, 1.82) is 0 Å². The van der Waals surface area contributed by atoms with Crippen molar-refractivity contribution in [2.45, 2.75) is 46.5 Å². The van der Waals surface area contributed by atoms with E-state index in [0.29, 0.717) is 6.54 Å². The third-order valence-corrected chi connectivity index (χ3v) is 3.88. The number of hydrogen-bond acceptors (Lipinski definition) is 3. The quantitative estimate of drug-likeness (QED) is 0.302. The van der Waals surface area contributed by atoms with Gasteiger partial charge in [-0.25, -0.2) is 0 Å². The monoisotopic (exact) mass is 255 g/mol. The van der Waals surface area contributed by atoms with Crippen molar-refractivity contribution in [3.63, 3.8) is 0 Å². The second-order valence-corrected chi connectivity index (χ2v) is 5.98. The van der Waals surface area contributed by atoms with Gasteiger partial charge in [-0.15, -0.1) is 0 Å². The molecule has 0 radical (unpaired) electrons. The maximum Gasteiger partial charge on any atom is 0.231 e. The van der Waals surface area contributed by atoms with Crippen LogP contribution in [0.4, 0.5) is 0 Å². The molecule has 104 valence electrons. The highest BCUT2D eigenvalue weighted by atomic mass is 16.4. The van der Waals surface area contributed by atoms with Crippen molar-refractivity contribution in [2.75, 3.05) is 6.54 Å². The van der Waals surface area contributed by atoms with Gasteiger partial charge in [0.05, 0.1) is 0 Å². The van der Waals surface area contributed by atoms with Gasteiger partial charge < -0.3 is 16.3 Å². The predicted octanol–water partition coefficient (Wildman–Crippen LogP) is 1.70. The van der Waals surface area contributed by atoms with E-state index in [1.54, 1.807) is 0 Å². The topological polar surface area (TPSA) is 87.7 Å². The van der Waals surface area contributed by atoms with Crippen molar-refractivity contribution < 1.29 is 10.0 Å². The Balaban J connectivity index is 2.57. The second-order valence-electron chi connectivity index (χ2n) is 5.98. The maximum absolute atomic E-state index is 12.1. The zero-order valence-corrected chi connectivity index (χ0v) is 11.6. The van der Waals surface area contributed by atoms with Crippen molar-refractivity contribution in [1.82, 2.24) is 5.32 Å². The van der Waals surface area contributed by atoms with E-state index in [1.165, 1.54) is 12.8 Å². The fourth-order valence-corrected chi connectivity index (χ4v) is 2.66. The van der Waals surface area contributed by atoms with Crippen LogP contribution in [-0.4, -0.2) is 23.5 Å². The maximum atomic E-state index is 12.1. The standard InChI is InChI=1S/C13H25N3O2/c1-9(2)10(11(14)16-18)12(17)15-8-13(3)6-4-5-7-13/h9-10,18H,4-8H2,1-3H3,(H2,14,16)(H,15,17). The van der Waals surface area contributed by atoms with Gasteiger partial charge in [-0.1, -0.05) is 38.8 Å². The van der Waals surface area contributed by atoms with Crippen LogP contribution in [0.1, 0.15) is 46.5 Å². The van der Waals surface area contributed by atoms with E-state index in [0.717, 1.165) is 12.8 Å². The molecule has 1 saturated carbocycles. The number of oxime groups is 1. The Morgan fingerprint density at radius 1 is 1.44 bits per heavy atom. The molecule has 1 rings (SSSR count). The van der Waals surface area contributed by atoms with E-state index in [4.69, 9.17) is 10.9 Å². The Morgan fingerprint density at radius 2 is 2.00 bits per heavy atom. The summed E-state index contributed by atoms with van der Waals surface area (Å²) in [5, 5.41) is 14.6. The Bertz CT molecular complexity index is 320. The molecule has 0 heterocycles. The van der Waals surface area contributed by atoms with Crippen LogP contribution in [0.25, 0.3) is 0 Å². The first-order chi connectivity index (χ1) is 8.39. The van der Waals surface area contributed by atoms with Crippen molar-refractivity contribution in [3.8, 4) is 0 Å². The minimum Gasteiger partial charge on any atom is -0.409 e. The third kappa shape index (κ3) is 3.62. The molecule has 0 saturated heterocycles. The molecule has 1 fully saturated rings. The van der Waals surface area contributed by atoms with Crippen LogP contribution >= 0.6 is 0 Å². The van der Waals surface area contributed by atoms with Crippen LogP contribution < -0.4 is 11.1 Å². The summed E-state index contributed by atoms with van der Waals surface area (Å²) in [5.41, 5.74) is 5.79. The Morgan fingerprint density at radius 3 is 2.44 bits per heavy atom. The normalized spacial score (nSPS) is 21.0. The molecule has 0 aromatic carbocycles. The number of nitrogens with two attached hydrogens (primary N) is 1. The molecule has 0 aliphatic heterocycles. The lowest BCUT2D eigenvalue weighted by Crippen LogP contribution is -2.44. The van der Waals surface area contributed by atoms with E-state index in [1.807, 2.05) is 13.8 Å². The van der Waals surface area contributed by atoms with E-state index in [9.17, 15) is 4.79 Å². The minimum atomic E-state index is -0.556. The Kier molecular flexibility index (Phi) is 4.99. The number of hydrogen-bond donors (Lipinski definition) is 3.